The van der Waals surface area contributed by atoms with Crippen molar-refractivity contribution in [3.05, 3.63) is 33.2 Å². The second kappa shape index (κ2) is 4.78. The molecule has 0 atom stereocenters. The maximum Gasteiger partial charge on any atom is 0.198 e. The molecule has 0 saturated heterocycles. The van der Waals surface area contributed by atoms with Crippen LogP contribution >= 0.6 is 27.5 Å². The van der Waals surface area contributed by atoms with Crippen LogP contribution in [0, 0.1) is 6.92 Å². The standard InChI is InChI=1S/C12H12BrClN2O/c1-6(2)9-7(3)15-12(16-11(9)14)10-8(13)4-5-17-10/h4-6H,1-3H3. The molecule has 2 aromatic heterocycles. The fraction of sp³-hybridized carbons (Fsp3) is 0.333. The highest BCUT2D eigenvalue weighted by Gasteiger charge is 2.17. The van der Waals surface area contributed by atoms with Crippen molar-refractivity contribution < 1.29 is 4.42 Å². The molecule has 0 aromatic carbocycles. The Morgan fingerprint density at radius 1 is 1.35 bits per heavy atom. The van der Waals surface area contributed by atoms with Gasteiger partial charge >= 0.3 is 0 Å². The van der Waals surface area contributed by atoms with Crippen molar-refractivity contribution in [3.8, 4) is 11.6 Å². The molecule has 2 rings (SSSR count). The van der Waals surface area contributed by atoms with Crippen molar-refractivity contribution in [2.75, 3.05) is 0 Å². The number of hydrogen-bond donors (Lipinski definition) is 0. The number of furan rings is 1. The third kappa shape index (κ3) is 2.38. The Balaban J connectivity index is 2.57. The van der Waals surface area contributed by atoms with Crippen LogP contribution in [-0.4, -0.2) is 9.97 Å². The third-order valence-corrected chi connectivity index (χ3v) is 3.40. The summed E-state index contributed by atoms with van der Waals surface area (Å²) in [6, 6.07) is 1.80. The van der Waals surface area contributed by atoms with Crippen LogP contribution in [0.4, 0.5) is 0 Å². The molecular formula is C12H12BrClN2O. The SMILES string of the molecule is Cc1nc(-c2occc2Br)nc(Cl)c1C(C)C. The minimum absolute atomic E-state index is 0.302. The topological polar surface area (TPSA) is 38.9 Å². The molecule has 5 heteroatoms. The van der Waals surface area contributed by atoms with Gasteiger partial charge in [-0.25, -0.2) is 9.97 Å². The summed E-state index contributed by atoms with van der Waals surface area (Å²) in [5.74, 6) is 1.41. The number of nitrogens with zero attached hydrogens (tertiary/aromatic N) is 2. The van der Waals surface area contributed by atoms with Crippen LogP contribution in [0.1, 0.15) is 31.0 Å². The van der Waals surface area contributed by atoms with Gasteiger partial charge < -0.3 is 4.42 Å². The molecular weight excluding hydrogens is 304 g/mol. The van der Waals surface area contributed by atoms with E-state index in [1.54, 1.807) is 12.3 Å². The van der Waals surface area contributed by atoms with Crippen molar-refractivity contribution in [3.63, 3.8) is 0 Å². The second-order valence-electron chi connectivity index (χ2n) is 4.09. The molecule has 2 aromatic rings. The minimum atomic E-state index is 0.302. The molecule has 0 radical (unpaired) electrons. The van der Waals surface area contributed by atoms with Gasteiger partial charge in [0.2, 0.25) is 0 Å². The zero-order valence-corrected chi connectivity index (χ0v) is 12.1. The quantitative estimate of drug-likeness (QED) is 0.761. The number of halogens is 2. The molecule has 0 saturated carbocycles. The summed E-state index contributed by atoms with van der Waals surface area (Å²) in [6.45, 7) is 6.07. The van der Waals surface area contributed by atoms with Crippen LogP contribution in [0.25, 0.3) is 11.6 Å². The fourth-order valence-electron chi connectivity index (χ4n) is 1.76. The van der Waals surface area contributed by atoms with Crippen LogP contribution in [0.2, 0.25) is 5.15 Å². The van der Waals surface area contributed by atoms with Crippen molar-refractivity contribution in [1.29, 1.82) is 0 Å². The summed E-state index contributed by atoms with van der Waals surface area (Å²) in [5.41, 5.74) is 1.87. The lowest BCUT2D eigenvalue weighted by atomic mass is 10.0. The Hall–Kier alpha value is -0.870. The van der Waals surface area contributed by atoms with Crippen LogP contribution in [0.15, 0.2) is 21.2 Å². The zero-order chi connectivity index (χ0) is 12.6. The normalized spacial score (nSPS) is 11.2. The average molecular weight is 316 g/mol. The summed E-state index contributed by atoms with van der Waals surface area (Å²) < 4.78 is 6.15. The van der Waals surface area contributed by atoms with Gasteiger partial charge in [-0.05, 0) is 34.8 Å². The smallest absolute Gasteiger partial charge is 0.198 e. The van der Waals surface area contributed by atoms with Crippen LogP contribution in [-0.2, 0) is 0 Å². The maximum atomic E-state index is 6.19. The van der Waals surface area contributed by atoms with Gasteiger partial charge in [-0.1, -0.05) is 25.4 Å². The molecule has 0 aliphatic rings. The zero-order valence-electron chi connectivity index (χ0n) is 9.79. The van der Waals surface area contributed by atoms with Crippen LogP contribution < -0.4 is 0 Å². The van der Waals surface area contributed by atoms with Gasteiger partial charge in [0.05, 0.1) is 10.7 Å². The fourth-order valence-corrected chi connectivity index (χ4v) is 2.57. The summed E-state index contributed by atoms with van der Waals surface area (Å²) in [5, 5.41) is 0.491. The highest BCUT2D eigenvalue weighted by molar-refractivity contribution is 9.10. The molecule has 0 bridgehead atoms. The average Bonchev–Trinajstić information content (AvgIpc) is 2.62. The van der Waals surface area contributed by atoms with Crippen molar-refractivity contribution >= 4 is 27.5 Å². The van der Waals surface area contributed by atoms with E-state index >= 15 is 0 Å². The van der Waals surface area contributed by atoms with E-state index in [0.717, 1.165) is 15.7 Å². The Kier molecular flexibility index (Phi) is 3.54. The first-order valence-corrected chi connectivity index (χ1v) is 6.45. The van der Waals surface area contributed by atoms with Crippen LogP contribution in [0.3, 0.4) is 0 Å². The Labute approximate surface area is 113 Å². The van der Waals surface area contributed by atoms with E-state index in [1.165, 1.54) is 0 Å². The largest absolute Gasteiger partial charge is 0.460 e. The van der Waals surface area contributed by atoms with Gasteiger partial charge in [-0.2, -0.15) is 0 Å². The molecule has 0 N–H and O–H groups in total. The number of hydrogen-bond acceptors (Lipinski definition) is 3. The maximum absolute atomic E-state index is 6.19. The Morgan fingerprint density at radius 3 is 2.53 bits per heavy atom. The first kappa shape index (κ1) is 12.6. The predicted octanol–water partition coefficient (Wildman–Crippen LogP) is 4.58. The Bertz CT molecular complexity index is 528. The van der Waals surface area contributed by atoms with Gasteiger partial charge in [0.15, 0.2) is 11.6 Å². The molecule has 2 heterocycles. The van der Waals surface area contributed by atoms with E-state index in [1.807, 2.05) is 6.92 Å². The van der Waals surface area contributed by atoms with E-state index in [0.29, 0.717) is 22.7 Å². The third-order valence-electron chi connectivity index (χ3n) is 2.49. The molecule has 0 aliphatic heterocycles. The molecule has 0 aliphatic carbocycles. The summed E-state index contributed by atoms with van der Waals surface area (Å²) in [6.07, 6.45) is 1.59. The predicted molar refractivity (Wildman–Crippen MR) is 71.3 cm³/mol. The highest BCUT2D eigenvalue weighted by atomic mass is 79.9. The molecule has 0 fully saturated rings. The number of aromatic nitrogens is 2. The molecule has 0 amide bonds. The number of aryl methyl sites for hydroxylation is 1. The first-order chi connectivity index (χ1) is 8.00. The molecule has 0 spiro atoms. The van der Waals surface area contributed by atoms with Gasteiger partial charge in [0.25, 0.3) is 0 Å². The lowest BCUT2D eigenvalue weighted by Gasteiger charge is -2.11. The van der Waals surface area contributed by atoms with Crippen molar-refractivity contribution in [2.45, 2.75) is 26.7 Å². The van der Waals surface area contributed by atoms with Gasteiger partial charge in [0, 0.05) is 11.3 Å². The van der Waals surface area contributed by atoms with Crippen LogP contribution in [0.5, 0.6) is 0 Å². The highest BCUT2D eigenvalue weighted by Crippen LogP contribution is 2.31. The summed E-state index contributed by atoms with van der Waals surface area (Å²) in [4.78, 5) is 8.73. The van der Waals surface area contributed by atoms with Gasteiger partial charge in [-0.15, -0.1) is 0 Å². The van der Waals surface area contributed by atoms with Gasteiger partial charge in [-0.3, -0.25) is 0 Å². The lowest BCUT2D eigenvalue weighted by molar-refractivity contribution is 0.575. The van der Waals surface area contributed by atoms with E-state index in [9.17, 15) is 0 Å². The van der Waals surface area contributed by atoms with Gasteiger partial charge in [0.1, 0.15) is 5.15 Å². The Morgan fingerprint density at radius 2 is 2.06 bits per heavy atom. The monoisotopic (exact) mass is 314 g/mol. The van der Waals surface area contributed by atoms with Crippen molar-refractivity contribution in [1.82, 2.24) is 9.97 Å². The molecule has 3 nitrogen and oxygen atoms in total. The van der Waals surface area contributed by atoms with E-state index in [-0.39, 0.29) is 0 Å². The molecule has 17 heavy (non-hydrogen) atoms. The van der Waals surface area contributed by atoms with E-state index < -0.39 is 0 Å². The first-order valence-electron chi connectivity index (χ1n) is 5.28. The molecule has 90 valence electrons. The van der Waals surface area contributed by atoms with Crippen molar-refractivity contribution in [2.24, 2.45) is 0 Å². The lowest BCUT2D eigenvalue weighted by Crippen LogP contribution is -2.01. The summed E-state index contributed by atoms with van der Waals surface area (Å²) >= 11 is 9.57. The van der Waals surface area contributed by atoms with E-state index in [4.69, 9.17) is 16.0 Å². The second-order valence-corrected chi connectivity index (χ2v) is 5.30. The number of rotatable bonds is 2. The minimum Gasteiger partial charge on any atom is -0.460 e. The molecule has 0 unspecified atom stereocenters. The van der Waals surface area contributed by atoms with E-state index in [2.05, 4.69) is 39.7 Å². The summed E-state index contributed by atoms with van der Waals surface area (Å²) in [7, 11) is 0.